The van der Waals surface area contributed by atoms with E-state index >= 15 is 0 Å². The first-order chi connectivity index (χ1) is 14.0. The van der Waals surface area contributed by atoms with Crippen LogP contribution in [-0.4, -0.2) is 48.6 Å². The Balaban J connectivity index is 1.95. The van der Waals surface area contributed by atoms with Crippen LogP contribution in [0.3, 0.4) is 0 Å². The zero-order valence-electron chi connectivity index (χ0n) is 17.0. The van der Waals surface area contributed by atoms with Crippen LogP contribution in [-0.2, 0) is 0 Å². The van der Waals surface area contributed by atoms with Crippen molar-refractivity contribution in [3.63, 3.8) is 0 Å². The van der Waals surface area contributed by atoms with Crippen LogP contribution in [0.5, 0.6) is 5.75 Å². The number of hydrogen-bond donors (Lipinski definition) is 0. The second kappa shape index (κ2) is 10.1. The van der Waals surface area contributed by atoms with Crippen molar-refractivity contribution in [1.29, 1.82) is 0 Å². The second-order valence-electron chi connectivity index (χ2n) is 6.55. The number of anilines is 1. The van der Waals surface area contributed by atoms with Gasteiger partial charge in [0, 0.05) is 23.7 Å². The Labute approximate surface area is 180 Å². The van der Waals surface area contributed by atoms with E-state index in [1.54, 1.807) is 29.2 Å². The number of nitrogens with zero attached hydrogens (tertiary/aromatic N) is 3. The van der Waals surface area contributed by atoms with Crippen molar-refractivity contribution >= 4 is 44.2 Å². The first kappa shape index (κ1) is 21.6. The van der Waals surface area contributed by atoms with Crippen molar-refractivity contribution in [1.82, 2.24) is 9.88 Å². The number of amides is 1. The van der Waals surface area contributed by atoms with E-state index in [4.69, 9.17) is 21.3 Å². The van der Waals surface area contributed by atoms with Gasteiger partial charge >= 0.3 is 0 Å². The fourth-order valence-corrected chi connectivity index (χ4v) is 4.32. The summed E-state index contributed by atoms with van der Waals surface area (Å²) in [6.07, 6.45) is 0. The molecule has 7 heteroatoms. The van der Waals surface area contributed by atoms with Gasteiger partial charge in [-0.1, -0.05) is 42.9 Å². The first-order valence-electron chi connectivity index (χ1n) is 9.88. The number of likely N-dealkylation sites (N-methyl/N-ethyl adjacent to an activating group) is 1. The molecule has 3 rings (SSSR count). The lowest BCUT2D eigenvalue weighted by molar-refractivity contribution is 0.0984. The third-order valence-electron chi connectivity index (χ3n) is 4.74. The zero-order chi connectivity index (χ0) is 20.8. The first-order valence-corrected chi connectivity index (χ1v) is 11.1. The molecule has 5 nitrogen and oxygen atoms in total. The summed E-state index contributed by atoms with van der Waals surface area (Å²) >= 11 is 7.62. The molecule has 0 aliphatic heterocycles. The number of thiazole rings is 1. The van der Waals surface area contributed by atoms with Gasteiger partial charge in [-0.05, 0) is 56.4 Å². The summed E-state index contributed by atoms with van der Waals surface area (Å²) in [6.45, 7) is 10.0. The zero-order valence-corrected chi connectivity index (χ0v) is 18.6. The topological polar surface area (TPSA) is 45.7 Å². The minimum atomic E-state index is -0.0938. The third kappa shape index (κ3) is 5.26. The number of ether oxygens (including phenoxy) is 1. The number of rotatable bonds is 9. The molecule has 3 aromatic rings. The summed E-state index contributed by atoms with van der Waals surface area (Å²) in [5.41, 5.74) is 1.42. The number of benzene rings is 2. The van der Waals surface area contributed by atoms with Gasteiger partial charge in [-0.3, -0.25) is 9.69 Å². The standard InChI is InChI=1S/C22H26ClN3O2S/c1-4-25(5-2)12-13-26(21(27)16-8-7-9-17(23)14-16)22-24-19-11-10-18(28-6-3)15-20(19)29-22/h7-11,14-15H,4-6,12-13H2,1-3H3. The lowest BCUT2D eigenvalue weighted by atomic mass is 10.2. The van der Waals surface area contributed by atoms with E-state index in [2.05, 4.69) is 18.7 Å². The highest BCUT2D eigenvalue weighted by Crippen LogP contribution is 2.32. The van der Waals surface area contributed by atoms with Crippen LogP contribution in [0.2, 0.25) is 5.02 Å². The fraction of sp³-hybridized carbons (Fsp3) is 0.364. The normalized spacial score (nSPS) is 11.2. The Morgan fingerprint density at radius 3 is 2.59 bits per heavy atom. The molecule has 0 fully saturated rings. The molecule has 0 N–H and O–H groups in total. The van der Waals surface area contributed by atoms with Gasteiger partial charge in [0.25, 0.3) is 5.91 Å². The molecular formula is C22H26ClN3O2S. The van der Waals surface area contributed by atoms with Gasteiger partial charge in [0.15, 0.2) is 5.13 Å². The molecule has 29 heavy (non-hydrogen) atoms. The van der Waals surface area contributed by atoms with Crippen LogP contribution in [0.4, 0.5) is 5.13 Å². The Hall–Kier alpha value is -2.15. The average molecular weight is 432 g/mol. The molecule has 0 unspecified atom stereocenters. The molecule has 154 valence electrons. The van der Waals surface area contributed by atoms with Crippen molar-refractivity contribution in [3.05, 3.63) is 53.1 Å². The minimum Gasteiger partial charge on any atom is -0.494 e. The molecule has 1 heterocycles. The van der Waals surface area contributed by atoms with E-state index in [1.165, 1.54) is 11.3 Å². The van der Waals surface area contributed by atoms with E-state index in [0.29, 0.717) is 28.9 Å². The predicted octanol–water partition coefficient (Wildman–Crippen LogP) is 5.34. The molecule has 0 aliphatic carbocycles. The van der Waals surface area contributed by atoms with Gasteiger partial charge in [0.1, 0.15) is 5.75 Å². The maximum absolute atomic E-state index is 13.3. The van der Waals surface area contributed by atoms with Crippen molar-refractivity contribution in [2.75, 3.05) is 37.7 Å². The van der Waals surface area contributed by atoms with Gasteiger partial charge < -0.3 is 9.64 Å². The number of aromatic nitrogens is 1. The summed E-state index contributed by atoms with van der Waals surface area (Å²) in [4.78, 5) is 22.1. The number of fused-ring (bicyclic) bond motifs is 1. The number of carbonyl (C=O) groups excluding carboxylic acids is 1. The van der Waals surface area contributed by atoms with Crippen LogP contribution in [0, 0.1) is 0 Å². The van der Waals surface area contributed by atoms with Gasteiger partial charge in [0.05, 0.1) is 16.8 Å². The van der Waals surface area contributed by atoms with Crippen LogP contribution < -0.4 is 9.64 Å². The summed E-state index contributed by atoms with van der Waals surface area (Å²) in [7, 11) is 0. The van der Waals surface area contributed by atoms with Crippen molar-refractivity contribution in [2.45, 2.75) is 20.8 Å². The Morgan fingerprint density at radius 1 is 1.10 bits per heavy atom. The fourth-order valence-electron chi connectivity index (χ4n) is 3.11. The molecule has 0 saturated heterocycles. The van der Waals surface area contributed by atoms with Gasteiger partial charge in [-0.2, -0.15) is 0 Å². The molecule has 0 aliphatic rings. The molecule has 0 atom stereocenters. The van der Waals surface area contributed by atoms with E-state index in [1.807, 2.05) is 25.1 Å². The van der Waals surface area contributed by atoms with Crippen LogP contribution in [0.1, 0.15) is 31.1 Å². The molecule has 0 spiro atoms. The predicted molar refractivity (Wildman–Crippen MR) is 122 cm³/mol. The van der Waals surface area contributed by atoms with E-state index in [9.17, 15) is 4.79 Å². The number of hydrogen-bond acceptors (Lipinski definition) is 5. The van der Waals surface area contributed by atoms with Crippen LogP contribution in [0.25, 0.3) is 10.2 Å². The quantitative estimate of drug-likeness (QED) is 0.459. The largest absolute Gasteiger partial charge is 0.494 e. The van der Waals surface area contributed by atoms with E-state index < -0.39 is 0 Å². The molecule has 0 saturated carbocycles. The summed E-state index contributed by atoms with van der Waals surface area (Å²) in [5.74, 6) is 0.717. The summed E-state index contributed by atoms with van der Waals surface area (Å²) < 4.78 is 6.60. The molecule has 0 radical (unpaired) electrons. The molecule has 0 bridgehead atoms. The van der Waals surface area contributed by atoms with Crippen LogP contribution >= 0.6 is 22.9 Å². The van der Waals surface area contributed by atoms with E-state index in [0.717, 1.165) is 35.6 Å². The monoisotopic (exact) mass is 431 g/mol. The maximum Gasteiger partial charge on any atom is 0.260 e. The Kier molecular flexibility index (Phi) is 7.47. The van der Waals surface area contributed by atoms with Crippen molar-refractivity contribution in [2.24, 2.45) is 0 Å². The number of carbonyl (C=O) groups is 1. The minimum absolute atomic E-state index is 0.0938. The van der Waals surface area contributed by atoms with Gasteiger partial charge in [-0.25, -0.2) is 4.98 Å². The third-order valence-corrected chi connectivity index (χ3v) is 6.02. The average Bonchev–Trinajstić information content (AvgIpc) is 3.14. The smallest absolute Gasteiger partial charge is 0.260 e. The SMILES string of the molecule is CCOc1ccc2nc(N(CCN(CC)CC)C(=O)c3cccc(Cl)c3)sc2c1. The van der Waals surface area contributed by atoms with Gasteiger partial charge in [-0.15, -0.1) is 0 Å². The summed E-state index contributed by atoms with van der Waals surface area (Å²) in [6, 6.07) is 12.9. The van der Waals surface area contributed by atoms with Crippen molar-refractivity contribution < 1.29 is 9.53 Å². The highest BCUT2D eigenvalue weighted by molar-refractivity contribution is 7.22. The van der Waals surface area contributed by atoms with E-state index in [-0.39, 0.29) is 5.91 Å². The summed E-state index contributed by atoms with van der Waals surface area (Å²) in [5, 5.41) is 1.23. The number of halogens is 1. The van der Waals surface area contributed by atoms with Crippen LogP contribution in [0.15, 0.2) is 42.5 Å². The lowest BCUT2D eigenvalue weighted by Crippen LogP contribution is -2.38. The molecular weight excluding hydrogens is 406 g/mol. The maximum atomic E-state index is 13.3. The molecule has 1 aromatic heterocycles. The molecule has 1 amide bonds. The van der Waals surface area contributed by atoms with Crippen molar-refractivity contribution in [3.8, 4) is 5.75 Å². The molecule has 2 aromatic carbocycles. The highest BCUT2D eigenvalue weighted by Gasteiger charge is 2.22. The lowest BCUT2D eigenvalue weighted by Gasteiger charge is -2.24. The second-order valence-corrected chi connectivity index (χ2v) is 8.00. The Bertz CT molecular complexity index is 972. The van der Waals surface area contributed by atoms with Gasteiger partial charge in [0.2, 0.25) is 0 Å². The highest BCUT2D eigenvalue weighted by atomic mass is 35.5. The Morgan fingerprint density at radius 2 is 1.90 bits per heavy atom.